The highest BCUT2D eigenvalue weighted by molar-refractivity contribution is 5.92. The zero-order valence-corrected chi connectivity index (χ0v) is 15.3. The molecular formula is C18H24N4O4. The zero-order chi connectivity index (χ0) is 18.5. The second-order valence-corrected chi connectivity index (χ2v) is 7.30. The predicted octanol–water partition coefficient (Wildman–Crippen LogP) is -0.193. The maximum Gasteiger partial charge on any atom is 0.230 e. The topological polar surface area (TPSA) is 76.9 Å². The van der Waals surface area contributed by atoms with Gasteiger partial charge in [-0.1, -0.05) is 12.2 Å². The van der Waals surface area contributed by atoms with Crippen molar-refractivity contribution in [3.8, 4) is 0 Å². The average molecular weight is 360 g/mol. The minimum Gasteiger partial charge on any atom is -0.383 e. The second-order valence-electron chi connectivity index (χ2n) is 7.30. The third-order valence-electron chi connectivity index (χ3n) is 5.70. The Morgan fingerprint density at radius 3 is 3.04 bits per heavy atom. The molecule has 4 atom stereocenters. The highest BCUT2D eigenvalue weighted by Crippen LogP contribution is 2.52. The molecule has 0 aromatic carbocycles. The lowest BCUT2D eigenvalue weighted by Crippen LogP contribution is -2.44. The largest absolute Gasteiger partial charge is 0.383 e. The number of aromatic nitrogens is 2. The Morgan fingerprint density at radius 1 is 1.54 bits per heavy atom. The number of methoxy groups -OCH3 is 1. The van der Waals surface area contributed by atoms with E-state index in [0.717, 1.165) is 5.82 Å². The molecule has 0 radical (unpaired) electrons. The molecule has 8 heteroatoms. The maximum absolute atomic E-state index is 13.2. The van der Waals surface area contributed by atoms with Crippen LogP contribution in [0.3, 0.4) is 0 Å². The number of carbonyl (C=O) groups is 2. The number of amides is 2. The SMILES string of the molecule is COCCN1C[C@@]23C=C[C@@H](O2)C(C(=O)N(C)Cc2nccn2C)C3C1=O. The van der Waals surface area contributed by atoms with E-state index in [0.29, 0.717) is 26.2 Å². The van der Waals surface area contributed by atoms with E-state index >= 15 is 0 Å². The zero-order valence-electron chi connectivity index (χ0n) is 15.3. The maximum atomic E-state index is 13.2. The third kappa shape index (κ3) is 2.47. The molecule has 4 rings (SSSR count). The Bertz CT molecular complexity index is 760. The number of likely N-dealkylation sites (tertiary alicyclic amines) is 1. The van der Waals surface area contributed by atoms with Gasteiger partial charge in [0, 0.05) is 40.1 Å². The molecule has 0 aliphatic carbocycles. The van der Waals surface area contributed by atoms with Gasteiger partial charge in [0.25, 0.3) is 0 Å². The summed E-state index contributed by atoms with van der Waals surface area (Å²) in [6.45, 7) is 1.87. The van der Waals surface area contributed by atoms with Crippen LogP contribution in [0.4, 0.5) is 0 Å². The first-order valence-corrected chi connectivity index (χ1v) is 8.83. The summed E-state index contributed by atoms with van der Waals surface area (Å²) in [5, 5.41) is 0. The first-order chi connectivity index (χ1) is 12.5. The molecule has 3 aliphatic rings. The Hall–Kier alpha value is -2.19. The van der Waals surface area contributed by atoms with Crippen LogP contribution < -0.4 is 0 Å². The summed E-state index contributed by atoms with van der Waals surface area (Å²) in [7, 11) is 5.26. The van der Waals surface area contributed by atoms with E-state index in [4.69, 9.17) is 9.47 Å². The van der Waals surface area contributed by atoms with Gasteiger partial charge in [-0.3, -0.25) is 9.59 Å². The number of imidazole rings is 1. The highest BCUT2D eigenvalue weighted by atomic mass is 16.5. The Labute approximate surface area is 152 Å². The molecule has 0 N–H and O–H groups in total. The van der Waals surface area contributed by atoms with Crippen LogP contribution >= 0.6 is 0 Å². The van der Waals surface area contributed by atoms with Crippen LogP contribution in [-0.2, 0) is 32.7 Å². The van der Waals surface area contributed by atoms with Crippen molar-refractivity contribution >= 4 is 11.8 Å². The first-order valence-electron chi connectivity index (χ1n) is 8.83. The quantitative estimate of drug-likeness (QED) is 0.657. The average Bonchev–Trinajstić information content (AvgIpc) is 3.35. The number of fused-ring (bicyclic) bond motifs is 1. The van der Waals surface area contributed by atoms with Gasteiger partial charge in [0.1, 0.15) is 11.4 Å². The molecule has 2 unspecified atom stereocenters. The van der Waals surface area contributed by atoms with Crippen molar-refractivity contribution < 1.29 is 19.1 Å². The van der Waals surface area contributed by atoms with Crippen LogP contribution in [0.25, 0.3) is 0 Å². The fourth-order valence-electron chi connectivity index (χ4n) is 4.34. The van der Waals surface area contributed by atoms with Gasteiger partial charge in [-0.05, 0) is 0 Å². The lowest BCUT2D eigenvalue weighted by atomic mass is 9.76. The Morgan fingerprint density at radius 2 is 2.35 bits per heavy atom. The number of rotatable bonds is 6. The summed E-state index contributed by atoms with van der Waals surface area (Å²) >= 11 is 0. The van der Waals surface area contributed by atoms with Crippen molar-refractivity contribution in [2.24, 2.45) is 18.9 Å². The third-order valence-corrected chi connectivity index (χ3v) is 5.70. The monoisotopic (exact) mass is 360 g/mol. The molecule has 1 aromatic heterocycles. The number of aryl methyl sites for hydroxylation is 1. The molecule has 2 amide bonds. The summed E-state index contributed by atoms with van der Waals surface area (Å²) in [4.78, 5) is 33.8. The minimum atomic E-state index is -0.667. The van der Waals surface area contributed by atoms with Crippen LogP contribution in [0.1, 0.15) is 5.82 Å². The smallest absolute Gasteiger partial charge is 0.230 e. The van der Waals surface area contributed by atoms with Gasteiger partial charge in [0.15, 0.2) is 0 Å². The lowest BCUT2D eigenvalue weighted by Gasteiger charge is -2.27. The van der Waals surface area contributed by atoms with E-state index in [1.54, 1.807) is 30.2 Å². The van der Waals surface area contributed by atoms with E-state index in [9.17, 15) is 9.59 Å². The highest BCUT2D eigenvalue weighted by Gasteiger charge is 2.66. The van der Waals surface area contributed by atoms with Gasteiger partial charge in [0.05, 0.1) is 37.6 Å². The standard InChI is InChI=1S/C18H24N4O4/c1-20-7-6-19-13(20)10-21(2)16(23)14-12-4-5-18(26-12)11-22(8-9-25-3)17(24)15(14)18/h4-7,12,14-15H,8-11H2,1-3H3/t12-,14?,15?,18-/m1/s1. The molecule has 2 saturated heterocycles. The fraction of sp³-hybridized carbons (Fsp3) is 0.611. The molecule has 3 aliphatic heterocycles. The molecule has 2 bridgehead atoms. The first kappa shape index (κ1) is 17.2. The van der Waals surface area contributed by atoms with Crippen molar-refractivity contribution in [2.75, 3.05) is 33.9 Å². The lowest BCUT2D eigenvalue weighted by molar-refractivity contribution is -0.143. The Balaban J connectivity index is 1.53. The minimum absolute atomic E-state index is 0.0161. The van der Waals surface area contributed by atoms with Crippen molar-refractivity contribution in [1.82, 2.24) is 19.4 Å². The van der Waals surface area contributed by atoms with Gasteiger partial charge in [-0.15, -0.1) is 0 Å². The second kappa shape index (κ2) is 6.21. The van der Waals surface area contributed by atoms with Crippen LogP contribution in [0, 0.1) is 11.8 Å². The van der Waals surface area contributed by atoms with Crippen LogP contribution in [0.5, 0.6) is 0 Å². The van der Waals surface area contributed by atoms with Crippen molar-refractivity contribution in [3.63, 3.8) is 0 Å². The summed E-state index contributed by atoms with van der Waals surface area (Å²) in [6, 6.07) is 0. The number of hydrogen-bond donors (Lipinski definition) is 0. The normalized spacial score (nSPS) is 31.7. The number of hydrogen-bond acceptors (Lipinski definition) is 5. The summed E-state index contributed by atoms with van der Waals surface area (Å²) in [5.74, 6) is -0.223. The van der Waals surface area contributed by atoms with Crippen LogP contribution in [0.2, 0.25) is 0 Å². The van der Waals surface area contributed by atoms with E-state index in [2.05, 4.69) is 4.98 Å². The predicted molar refractivity (Wildman–Crippen MR) is 91.9 cm³/mol. The van der Waals surface area contributed by atoms with E-state index in [1.165, 1.54) is 0 Å². The summed E-state index contributed by atoms with van der Waals surface area (Å²) in [5.41, 5.74) is -0.667. The van der Waals surface area contributed by atoms with Gasteiger partial charge in [-0.2, -0.15) is 0 Å². The molecule has 2 fully saturated rings. The van der Waals surface area contributed by atoms with Gasteiger partial charge in [0.2, 0.25) is 11.8 Å². The number of nitrogens with zero attached hydrogens (tertiary/aromatic N) is 4. The van der Waals surface area contributed by atoms with E-state index in [-0.39, 0.29) is 17.9 Å². The van der Waals surface area contributed by atoms with Gasteiger partial charge >= 0.3 is 0 Å². The van der Waals surface area contributed by atoms with E-state index in [1.807, 2.05) is 30.0 Å². The molecule has 0 saturated carbocycles. The van der Waals surface area contributed by atoms with Crippen molar-refractivity contribution in [2.45, 2.75) is 18.2 Å². The summed E-state index contributed by atoms with van der Waals surface area (Å²) < 4.78 is 13.1. The molecule has 26 heavy (non-hydrogen) atoms. The Kier molecular flexibility index (Phi) is 4.11. The van der Waals surface area contributed by atoms with Gasteiger partial charge < -0.3 is 23.8 Å². The molecule has 8 nitrogen and oxygen atoms in total. The van der Waals surface area contributed by atoms with Crippen molar-refractivity contribution in [3.05, 3.63) is 30.4 Å². The molecular weight excluding hydrogens is 336 g/mol. The van der Waals surface area contributed by atoms with Gasteiger partial charge in [-0.25, -0.2) is 4.98 Å². The van der Waals surface area contributed by atoms with Crippen LogP contribution in [0.15, 0.2) is 24.5 Å². The van der Waals surface area contributed by atoms with Crippen LogP contribution in [-0.4, -0.2) is 76.7 Å². The number of carbonyl (C=O) groups excluding carboxylic acids is 2. The van der Waals surface area contributed by atoms with E-state index < -0.39 is 17.4 Å². The summed E-state index contributed by atoms with van der Waals surface area (Å²) in [6.07, 6.45) is 7.13. The number of ether oxygens (including phenoxy) is 2. The molecule has 4 heterocycles. The molecule has 1 aromatic rings. The van der Waals surface area contributed by atoms with Crippen molar-refractivity contribution in [1.29, 1.82) is 0 Å². The molecule has 1 spiro atoms. The fourth-order valence-corrected chi connectivity index (χ4v) is 4.34. The molecule has 140 valence electrons.